The highest BCUT2D eigenvalue weighted by Gasteiger charge is 2.27. The lowest BCUT2D eigenvalue weighted by Gasteiger charge is -2.21. The molecule has 0 spiro atoms. The van der Waals surface area contributed by atoms with Crippen LogP contribution in [0.25, 0.3) is 10.9 Å². The van der Waals surface area contributed by atoms with Gasteiger partial charge in [0.1, 0.15) is 0 Å². The molecule has 1 amide bonds. The molecule has 0 aliphatic carbocycles. The van der Waals surface area contributed by atoms with Crippen molar-refractivity contribution < 1.29 is 4.79 Å². The number of aromatic nitrogens is 1. The van der Waals surface area contributed by atoms with Crippen LogP contribution in [0.1, 0.15) is 19.4 Å². The molecule has 0 unspecified atom stereocenters. The Hall–Kier alpha value is -1.90. The van der Waals surface area contributed by atoms with E-state index in [1.54, 1.807) is 6.20 Å². The van der Waals surface area contributed by atoms with Gasteiger partial charge in [-0.05, 0) is 37.6 Å². The highest BCUT2D eigenvalue weighted by atomic mass is 16.1. The number of carbonyl (C=O) groups is 1. The van der Waals surface area contributed by atoms with Crippen LogP contribution in [0.5, 0.6) is 0 Å². The van der Waals surface area contributed by atoms with Crippen molar-refractivity contribution in [3.05, 3.63) is 42.1 Å². The molecule has 0 atom stereocenters. The minimum absolute atomic E-state index is 0.323. The number of hydrogen-bond donors (Lipinski definition) is 1. The first-order valence-corrected chi connectivity index (χ1v) is 5.17. The minimum atomic E-state index is -0.649. The Morgan fingerprint density at radius 1 is 1.31 bits per heavy atom. The van der Waals surface area contributed by atoms with E-state index in [9.17, 15) is 4.79 Å². The number of nitrogens with zero attached hydrogens (tertiary/aromatic N) is 1. The monoisotopic (exact) mass is 214 g/mol. The number of primary amides is 1. The normalized spacial score (nSPS) is 11.6. The van der Waals surface area contributed by atoms with E-state index in [4.69, 9.17) is 5.73 Å². The van der Waals surface area contributed by atoms with Crippen molar-refractivity contribution in [1.82, 2.24) is 4.98 Å². The minimum Gasteiger partial charge on any atom is -0.369 e. The first-order valence-electron chi connectivity index (χ1n) is 5.17. The topological polar surface area (TPSA) is 56.0 Å². The number of hydrogen-bond acceptors (Lipinski definition) is 2. The van der Waals surface area contributed by atoms with E-state index in [2.05, 4.69) is 4.98 Å². The van der Waals surface area contributed by atoms with Crippen LogP contribution in [-0.2, 0) is 10.2 Å². The van der Waals surface area contributed by atoms with Crippen molar-refractivity contribution in [2.24, 2.45) is 5.73 Å². The predicted octanol–water partition coefficient (Wildman–Crippen LogP) is 2.00. The summed E-state index contributed by atoms with van der Waals surface area (Å²) in [5, 5.41) is 1.02. The molecule has 1 aromatic carbocycles. The van der Waals surface area contributed by atoms with Gasteiger partial charge in [-0.3, -0.25) is 9.78 Å². The molecule has 0 aliphatic rings. The van der Waals surface area contributed by atoms with E-state index < -0.39 is 5.41 Å². The van der Waals surface area contributed by atoms with Crippen molar-refractivity contribution in [2.75, 3.05) is 0 Å². The largest absolute Gasteiger partial charge is 0.369 e. The molecule has 0 radical (unpaired) electrons. The fourth-order valence-electron chi connectivity index (χ4n) is 1.61. The summed E-state index contributed by atoms with van der Waals surface area (Å²) in [5.74, 6) is -0.323. The molecule has 0 saturated carbocycles. The van der Waals surface area contributed by atoms with Crippen molar-refractivity contribution in [3.63, 3.8) is 0 Å². The van der Waals surface area contributed by atoms with Crippen molar-refractivity contribution in [3.8, 4) is 0 Å². The number of amides is 1. The summed E-state index contributed by atoms with van der Waals surface area (Å²) in [6, 6.07) is 9.63. The number of fused-ring (bicyclic) bond motifs is 1. The van der Waals surface area contributed by atoms with E-state index >= 15 is 0 Å². The molecule has 16 heavy (non-hydrogen) atoms. The molecule has 0 fully saturated rings. The van der Waals surface area contributed by atoms with Crippen LogP contribution in [-0.4, -0.2) is 10.9 Å². The predicted molar refractivity (Wildman–Crippen MR) is 64.0 cm³/mol. The van der Waals surface area contributed by atoms with E-state index in [0.29, 0.717) is 0 Å². The zero-order chi connectivity index (χ0) is 11.8. The number of carbonyl (C=O) groups excluding carboxylic acids is 1. The molecule has 82 valence electrons. The molecule has 2 rings (SSSR count). The second-order valence-electron chi connectivity index (χ2n) is 4.40. The zero-order valence-electron chi connectivity index (χ0n) is 9.40. The van der Waals surface area contributed by atoms with Gasteiger partial charge in [0, 0.05) is 11.6 Å². The maximum atomic E-state index is 11.4. The van der Waals surface area contributed by atoms with Crippen molar-refractivity contribution >= 4 is 16.8 Å². The van der Waals surface area contributed by atoms with Crippen LogP contribution in [0, 0.1) is 0 Å². The standard InChI is InChI=1S/C13H14N2O/c1-13(2,12(14)16)10-5-6-11-9(8-10)4-3-7-15-11/h3-8H,1-2H3,(H2,14,16). The number of pyridine rings is 1. The first-order chi connectivity index (χ1) is 7.51. The summed E-state index contributed by atoms with van der Waals surface area (Å²) in [4.78, 5) is 15.6. The van der Waals surface area contributed by atoms with Crippen LogP contribution in [0.2, 0.25) is 0 Å². The van der Waals surface area contributed by atoms with Gasteiger partial charge in [-0.1, -0.05) is 12.1 Å². The molecule has 0 aliphatic heterocycles. The molecule has 2 aromatic rings. The fraction of sp³-hybridized carbons (Fsp3) is 0.231. The Bertz CT molecular complexity index is 546. The molecular formula is C13H14N2O. The Morgan fingerprint density at radius 2 is 2.06 bits per heavy atom. The molecule has 0 bridgehead atoms. The van der Waals surface area contributed by atoms with Crippen molar-refractivity contribution in [2.45, 2.75) is 19.3 Å². The number of nitrogens with two attached hydrogens (primary N) is 1. The lowest BCUT2D eigenvalue weighted by atomic mass is 9.83. The van der Waals surface area contributed by atoms with Crippen LogP contribution in [0.15, 0.2) is 36.5 Å². The molecule has 3 heteroatoms. The van der Waals surface area contributed by atoms with Crippen LogP contribution in [0.4, 0.5) is 0 Å². The van der Waals surface area contributed by atoms with Gasteiger partial charge >= 0.3 is 0 Å². The quantitative estimate of drug-likeness (QED) is 0.831. The van der Waals surface area contributed by atoms with E-state index in [1.165, 1.54) is 0 Å². The summed E-state index contributed by atoms with van der Waals surface area (Å²) < 4.78 is 0. The average molecular weight is 214 g/mol. The van der Waals surface area contributed by atoms with Gasteiger partial charge in [0.05, 0.1) is 10.9 Å². The van der Waals surface area contributed by atoms with E-state index in [0.717, 1.165) is 16.5 Å². The third kappa shape index (κ3) is 1.65. The Labute approximate surface area is 94.3 Å². The summed E-state index contributed by atoms with van der Waals surface area (Å²) >= 11 is 0. The van der Waals surface area contributed by atoms with Gasteiger partial charge in [-0.2, -0.15) is 0 Å². The molecular weight excluding hydrogens is 200 g/mol. The van der Waals surface area contributed by atoms with Gasteiger partial charge in [0.2, 0.25) is 5.91 Å². The second-order valence-corrected chi connectivity index (χ2v) is 4.40. The Morgan fingerprint density at radius 3 is 2.75 bits per heavy atom. The van der Waals surface area contributed by atoms with Gasteiger partial charge in [-0.25, -0.2) is 0 Å². The number of rotatable bonds is 2. The molecule has 2 N–H and O–H groups in total. The summed E-state index contributed by atoms with van der Waals surface area (Å²) in [7, 11) is 0. The third-order valence-electron chi connectivity index (χ3n) is 2.94. The summed E-state index contributed by atoms with van der Waals surface area (Å²) in [6.07, 6.45) is 1.75. The van der Waals surface area contributed by atoms with E-state index in [1.807, 2.05) is 44.2 Å². The molecule has 1 aromatic heterocycles. The lowest BCUT2D eigenvalue weighted by molar-refractivity contribution is -0.122. The lowest BCUT2D eigenvalue weighted by Crippen LogP contribution is -2.35. The smallest absolute Gasteiger partial charge is 0.227 e. The average Bonchev–Trinajstić information content (AvgIpc) is 2.28. The zero-order valence-corrected chi connectivity index (χ0v) is 9.40. The van der Waals surface area contributed by atoms with Crippen LogP contribution in [0.3, 0.4) is 0 Å². The number of benzene rings is 1. The Kier molecular flexibility index (Phi) is 2.38. The van der Waals surface area contributed by atoms with E-state index in [-0.39, 0.29) is 5.91 Å². The molecule has 3 nitrogen and oxygen atoms in total. The summed E-state index contributed by atoms with van der Waals surface area (Å²) in [6.45, 7) is 3.65. The van der Waals surface area contributed by atoms with Crippen LogP contribution >= 0.6 is 0 Å². The maximum Gasteiger partial charge on any atom is 0.227 e. The highest BCUT2D eigenvalue weighted by Crippen LogP contribution is 2.25. The first kappa shape index (κ1) is 10.6. The molecule has 1 heterocycles. The SMILES string of the molecule is CC(C)(C(N)=O)c1ccc2ncccc2c1. The van der Waals surface area contributed by atoms with Crippen LogP contribution < -0.4 is 5.73 Å². The molecule has 0 saturated heterocycles. The van der Waals surface area contributed by atoms with Gasteiger partial charge in [-0.15, -0.1) is 0 Å². The maximum absolute atomic E-state index is 11.4. The van der Waals surface area contributed by atoms with Gasteiger partial charge in [0.15, 0.2) is 0 Å². The third-order valence-corrected chi connectivity index (χ3v) is 2.94. The highest BCUT2D eigenvalue weighted by molar-refractivity contribution is 5.88. The Balaban J connectivity index is 2.59. The van der Waals surface area contributed by atoms with Crippen molar-refractivity contribution in [1.29, 1.82) is 0 Å². The summed E-state index contributed by atoms with van der Waals surface area (Å²) in [5.41, 5.74) is 6.58. The fourth-order valence-corrected chi connectivity index (χ4v) is 1.61. The van der Waals surface area contributed by atoms with Gasteiger partial charge < -0.3 is 5.73 Å². The van der Waals surface area contributed by atoms with Gasteiger partial charge in [0.25, 0.3) is 0 Å². The second kappa shape index (κ2) is 3.59.